The van der Waals surface area contributed by atoms with Crippen molar-refractivity contribution in [3.05, 3.63) is 65.5 Å². The van der Waals surface area contributed by atoms with Crippen molar-refractivity contribution in [3.63, 3.8) is 0 Å². The van der Waals surface area contributed by atoms with Gasteiger partial charge in [0.1, 0.15) is 11.5 Å². The van der Waals surface area contributed by atoms with Crippen LogP contribution < -0.4 is 5.73 Å². The Labute approximate surface area is 125 Å². The number of hydrogen-bond donors (Lipinski definition) is 2. The molecule has 1 saturated heterocycles. The minimum absolute atomic E-state index is 0.0282. The summed E-state index contributed by atoms with van der Waals surface area (Å²) in [7, 11) is 0. The molecule has 1 unspecified atom stereocenters. The molecule has 21 heavy (non-hydrogen) atoms. The third kappa shape index (κ3) is 3.28. The van der Waals surface area contributed by atoms with Crippen molar-refractivity contribution in [2.24, 2.45) is 5.73 Å². The molecule has 0 bridgehead atoms. The summed E-state index contributed by atoms with van der Waals surface area (Å²) < 4.78 is 0. The van der Waals surface area contributed by atoms with Gasteiger partial charge in [-0.3, -0.25) is 15.3 Å². The fourth-order valence-electron chi connectivity index (χ4n) is 2.95. The number of aromatic nitrogens is 1. The van der Waals surface area contributed by atoms with Crippen molar-refractivity contribution in [1.29, 1.82) is 5.41 Å². The Hall–Kier alpha value is -2.20. The first-order chi connectivity index (χ1) is 10.2. The summed E-state index contributed by atoms with van der Waals surface area (Å²) in [4.78, 5) is 6.56. The van der Waals surface area contributed by atoms with Crippen molar-refractivity contribution >= 4 is 5.84 Å². The van der Waals surface area contributed by atoms with Gasteiger partial charge in [0.25, 0.3) is 0 Å². The molecule has 1 atom stereocenters. The Balaban J connectivity index is 1.65. The van der Waals surface area contributed by atoms with Gasteiger partial charge in [0.2, 0.25) is 0 Å². The van der Waals surface area contributed by atoms with Gasteiger partial charge in [-0.2, -0.15) is 0 Å². The van der Waals surface area contributed by atoms with Gasteiger partial charge in [-0.15, -0.1) is 0 Å². The first-order valence-electron chi connectivity index (χ1n) is 7.29. The zero-order chi connectivity index (χ0) is 14.7. The van der Waals surface area contributed by atoms with Crippen LogP contribution in [0.25, 0.3) is 0 Å². The van der Waals surface area contributed by atoms with E-state index in [9.17, 15) is 0 Å². The van der Waals surface area contributed by atoms with E-state index < -0.39 is 0 Å². The highest BCUT2D eigenvalue weighted by molar-refractivity contribution is 5.93. The van der Waals surface area contributed by atoms with Crippen molar-refractivity contribution in [3.8, 4) is 0 Å². The van der Waals surface area contributed by atoms with Crippen LogP contribution in [0.1, 0.15) is 29.2 Å². The highest BCUT2D eigenvalue weighted by Gasteiger charge is 2.23. The molecule has 1 aromatic heterocycles. The Morgan fingerprint density at radius 3 is 2.86 bits per heavy atom. The molecule has 3 rings (SSSR count). The molecular formula is C17H20N4. The van der Waals surface area contributed by atoms with Gasteiger partial charge in [0.15, 0.2) is 0 Å². The number of nitrogen functional groups attached to an aromatic ring is 1. The fraction of sp³-hybridized carbons (Fsp3) is 0.294. The number of amidine groups is 1. The highest BCUT2D eigenvalue weighted by atomic mass is 15.1. The van der Waals surface area contributed by atoms with Gasteiger partial charge in [0.05, 0.1) is 0 Å². The largest absolute Gasteiger partial charge is 0.382 e. The van der Waals surface area contributed by atoms with Crippen LogP contribution in [-0.2, 0) is 6.54 Å². The molecular weight excluding hydrogens is 260 g/mol. The van der Waals surface area contributed by atoms with E-state index in [0.29, 0.717) is 11.6 Å². The molecule has 0 radical (unpaired) electrons. The van der Waals surface area contributed by atoms with E-state index in [1.54, 1.807) is 6.20 Å². The fourth-order valence-corrected chi connectivity index (χ4v) is 2.95. The monoisotopic (exact) mass is 280 g/mol. The number of nitrogens with one attached hydrogen (secondary N) is 1. The Kier molecular flexibility index (Phi) is 3.97. The maximum absolute atomic E-state index is 7.46. The second kappa shape index (κ2) is 6.06. The summed E-state index contributed by atoms with van der Waals surface area (Å²) in [5.41, 5.74) is 8.66. The van der Waals surface area contributed by atoms with Crippen molar-refractivity contribution in [1.82, 2.24) is 9.88 Å². The van der Waals surface area contributed by atoms with E-state index in [4.69, 9.17) is 11.1 Å². The van der Waals surface area contributed by atoms with Crippen molar-refractivity contribution < 1.29 is 0 Å². The molecule has 3 N–H and O–H groups in total. The highest BCUT2D eigenvalue weighted by Crippen LogP contribution is 2.27. The molecule has 0 aliphatic carbocycles. The maximum Gasteiger partial charge on any atom is 0.141 e. The third-order valence-corrected chi connectivity index (χ3v) is 4.05. The first-order valence-corrected chi connectivity index (χ1v) is 7.29. The molecule has 4 nitrogen and oxygen atoms in total. The van der Waals surface area contributed by atoms with E-state index in [2.05, 4.69) is 40.2 Å². The van der Waals surface area contributed by atoms with E-state index in [1.165, 1.54) is 17.5 Å². The molecule has 108 valence electrons. The van der Waals surface area contributed by atoms with Gasteiger partial charge in [-0.25, -0.2) is 0 Å². The molecule has 2 aromatic rings. The summed E-state index contributed by atoms with van der Waals surface area (Å²) in [6, 6.07) is 14.6. The van der Waals surface area contributed by atoms with Crippen LogP contribution in [0.2, 0.25) is 0 Å². The van der Waals surface area contributed by atoms with Crippen molar-refractivity contribution in [2.75, 3.05) is 13.1 Å². The number of benzene rings is 1. The summed E-state index contributed by atoms with van der Waals surface area (Å²) in [6.07, 6.45) is 2.94. The van der Waals surface area contributed by atoms with Gasteiger partial charge in [-0.05, 0) is 42.1 Å². The average Bonchev–Trinajstić information content (AvgIpc) is 2.97. The van der Waals surface area contributed by atoms with Crippen LogP contribution in [0, 0.1) is 5.41 Å². The number of nitrogens with zero attached hydrogens (tertiary/aromatic N) is 2. The van der Waals surface area contributed by atoms with E-state index in [-0.39, 0.29) is 5.84 Å². The molecule has 1 aromatic carbocycles. The Bertz CT molecular complexity index is 624. The van der Waals surface area contributed by atoms with Gasteiger partial charge in [-0.1, -0.05) is 30.3 Å². The normalized spacial score (nSPS) is 18.8. The van der Waals surface area contributed by atoms with E-state index in [1.807, 2.05) is 12.1 Å². The van der Waals surface area contributed by atoms with Crippen LogP contribution in [0.15, 0.2) is 48.7 Å². The minimum atomic E-state index is 0.0282. The number of pyridine rings is 1. The lowest BCUT2D eigenvalue weighted by molar-refractivity contribution is 0.327. The lowest BCUT2D eigenvalue weighted by Gasteiger charge is -2.16. The van der Waals surface area contributed by atoms with E-state index in [0.717, 1.165) is 19.6 Å². The smallest absolute Gasteiger partial charge is 0.141 e. The summed E-state index contributed by atoms with van der Waals surface area (Å²) in [6.45, 7) is 3.09. The number of hydrogen-bond acceptors (Lipinski definition) is 3. The molecule has 1 aliphatic rings. The molecule has 4 heteroatoms. The summed E-state index contributed by atoms with van der Waals surface area (Å²) in [5.74, 6) is 0.653. The number of likely N-dealkylation sites (tertiary alicyclic amines) is 1. The van der Waals surface area contributed by atoms with Crippen LogP contribution >= 0.6 is 0 Å². The van der Waals surface area contributed by atoms with Crippen LogP contribution in [0.3, 0.4) is 0 Å². The molecule has 0 spiro atoms. The molecule has 0 amide bonds. The minimum Gasteiger partial charge on any atom is -0.382 e. The van der Waals surface area contributed by atoms with Crippen LogP contribution in [0.5, 0.6) is 0 Å². The average molecular weight is 280 g/mol. The molecule has 2 heterocycles. The number of nitrogens with two attached hydrogens (primary N) is 1. The second-order valence-corrected chi connectivity index (χ2v) is 5.59. The predicted molar refractivity (Wildman–Crippen MR) is 84.3 cm³/mol. The topological polar surface area (TPSA) is 66.0 Å². The lowest BCUT2D eigenvalue weighted by Crippen LogP contribution is -2.20. The van der Waals surface area contributed by atoms with Crippen LogP contribution in [0.4, 0.5) is 0 Å². The zero-order valence-corrected chi connectivity index (χ0v) is 12.0. The molecule has 1 aliphatic heterocycles. The Morgan fingerprint density at radius 2 is 2.10 bits per heavy atom. The SMILES string of the molecule is N=C(N)c1cc(CN2CCC(c3ccccc3)C2)ccn1. The number of rotatable bonds is 4. The first kappa shape index (κ1) is 13.8. The third-order valence-electron chi connectivity index (χ3n) is 4.05. The molecule has 0 saturated carbocycles. The molecule has 1 fully saturated rings. The van der Waals surface area contributed by atoms with E-state index >= 15 is 0 Å². The van der Waals surface area contributed by atoms with Gasteiger partial charge in [0, 0.05) is 19.3 Å². The predicted octanol–water partition coefficient (Wildman–Crippen LogP) is 2.36. The summed E-state index contributed by atoms with van der Waals surface area (Å²) in [5, 5.41) is 7.46. The van der Waals surface area contributed by atoms with Gasteiger partial charge >= 0.3 is 0 Å². The zero-order valence-electron chi connectivity index (χ0n) is 12.0. The quantitative estimate of drug-likeness (QED) is 0.667. The Morgan fingerprint density at radius 1 is 1.29 bits per heavy atom. The van der Waals surface area contributed by atoms with Crippen LogP contribution in [-0.4, -0.2) is 28.8 Å². The van der Waals surface area contributed by atoms with Gasteiger partial charge < -0.3 is 5.73 Å². The van der Waals surface area contributed by atoms with Crippen molar-refractivity contribution in [2.45, 2.75) is 18.9 Å². The maximum atomic E-state index is 7.46. The lowest BCUT2D eigenvalue weighted by atomic mass is 9.99. The summed E-state index contributed by atoms with van der Waals surface area (Å²) >= 11 is 0. The second-order valence-electron chi connectivity index (χ2n) is 5.59. The standard InChI is InChI=1S/C17H20N4/c18-17(19)16-10-13(6-8-20-16)11-21-9-7-15(12-21)14-4-2-1-3-5-14/h1-6,8,10,15H,7,9,11-12H2,(H3,18,19).